The van der Waals surface area contributed by atoms with Crippen molar-refractivity contribution in [3.05, 3.63) is 63.4 Å². The number of anilines is 1. The van der Waals surface area contributed by atoms with Crippen molar-refractivity contribution in [2.24, 2.45) is 0 Å². The number of benzene rings is 1. The maximum absolute atomic E-state index is 14.4. The Bertz CT molecular complexity index is 1610. The lowest BCUT2D eigenvalue weighted by Gasteiger charge is -2.47. The number of nitrogens with zero attached hydrogens (tertiary/aromatic N) is 6. The number of carboxylic acid groups (broad SMARTS) is 1. The number of rotatable bonds is 6. The predicted octanol–water partition coefficient (Wildman–Crippen LogP) is 4.53. The van der Waals surface area contributed by atoms with Gasteiger partial charge in [-0.25, -0.2) is 14.2 Å². The largest absolute Gasteiger partial charge is 0.465 e. The minimum absolute atomic E-state index is 0.0123. The van der Waals surface area contributed by atoms with Crippen molar-refractivity contribution < 1.29 is 23.8 Å². The maximum Gasteiger partial charge on any atom is 0.407 e. The molecule has 3 aromatic rings. The van der Waals surface area contributed by atoms with Gasteiger partial charge in [0.05, 0.1) is 36.7 Å². The molecule has 0 spiro atoms. The van der Waals surface area contributed by atoms with Crippen LogP contribution in [0.1, 0.15) is 50.3 Å². The summed E-state index contributed by atoms with van der Waals surface area (Å²) in [5.74, 6) is 0.536. The third-order valence-corrected chi connectivity index (χ3v) is 10.2. The van der Waals surface area contributed by atoms with Crippen LogP contribution >= 0.6 is 15.9 Å². The lowest BCUT2D eigenvalue weighted by atomic mass is 9.90. The Kier molecular flexibility index (Phi) is 8.70. The molecular formula is C33H42BrFN6O4. The van der Waals surface area contributed by atoms with Crippen LogP contribution in [0.5, 0.6) is 0 Å². The van der Waals surface area contributed by atoms with Crippen LogP contribution in [0.4, 0.5) is 14.9 Å². The number of aryl methyl sites for hydroxylation is 1. The van der Waals surface area contributed by atoms with Gasteiger partial charge in [-0.3, -0.25) is 19.0 Å². The molecule has 2 aromatic heterocycles. The van der Waals surface area contributed by atoms with Crippen LogP contribution in [0.2, 0.25) is 0 Å². The number of hydrogen-bond donors (Lipinski definition) is 1. The van der Waals surface area contributed by atoms with Crippen LogP contribution in [-0.4, -0.2) is 112 Å². The molecule has 0 unspecified atom stereocenters. The highest BCUT2D eigenvalue weighted by Crippen LogP contribution is 2.44. The zero-order valence-electron chi connectivity index (χ0n) is 26.6. The number of imidazole rings is 1. The van der Waals surface area contributed by atoms with Gasteiger partial charge in [0.25, 0.3) is 0 Å². The van der Waals surface area contributed by atoms with Crippen molar-refractivity contribution >= 4 is 39.1 Å². The van der Waals surface area contributed by atoms with Crippen LogP contribution in [-0.2, 0) is 21.4 Å². The van der Waals surface area contributed by atoms with E-state index in [-0.39, 0.29) is 41.8 Å². The van der Waals surface area contributed by atoms with Crippen LogP contribution in [0.25, 0.3) is 5.52 Å². The number of fused-ring (bicyclic) bond motifs is 3. The maximum atomic E-state index is 14.4. The minimum atomic E-state index is -0.928. The minimum Gasteiger partial charge on any atom is -0.465 e. The van der Waals surface area contributed by atoms with E-state index >= 15 is 0 Å². The van der Waals surface area contributed by atoms with Gasteiger partial charge in [0.15, 0.2) is 0 Å². The number of ether oxygens (including phenoxy) is 1. The molecule has 0 aliphatic carbocycles. The Morgan fingerprint density at radius 3 is 2.56 bits per heavy atom. The van der Waals surface area contributed by atoms with E-state index in [1.54, 1.807) is 12.1 Å². The molecule has 0 bridgehead atoms. The monoisotopic (exact) mass is 684 g/mol. The summed E-state index contributed by atoms with van der Waals surface area (Å²) >= 11 is 3.68. The van der Waals surface area contributed by atoms with E-state index in [1.807, 2.05) is 18.7 Å². The van der Waals surface area contributed by atoms with Gasteiger partial charge in [0, 0.05) is 56.3 Å². The Morgan fingerprint density at radius 2 is 1.87 bits per heavy atom. The topological polar surface area (TPSA) is 93.9 Å². The van der Waals surface area contributed by atoms with Crippen molar-refractivity contribution in [3.63, 3.8) is 0 Å². The van der Waals surface area contributed by atoms with Crippen LogP contribution in [0, 0.1) is 12.7 Å². The summed E-state index contributed by atoms with van der Waals surface area (Å²) in [5, 5.41) is 9.92. The van der Waals surface area contributed by atoms with Crippen molar-refractivity contribution in [1.82, 2.24) is 24.1 Å². The molecule has 2 saturated heterocycles. The molecule has 2 amide bonds. The zero-order valence-corrected chi connectivity index (χ0v) is 28.2. The van der Waals surface area contributed by atoms with Gasteiger partial charge in [-0.15, -0.1) is 0 Å². The molecule has 12 heteroatoms. The highest BCUT2D eigenvalue weighted by molar-refractivity contribution is 9.10. The first-order valence-electron chi connectivity index (χ1n) is 15.6. The number of piperazine rings is 1. The van der Waals surface area contributed by atoms with E-state index in [4.69, 9.17) is 9.72 Å². The van der Waals surface area contributed by atoms with E-state index in [2.05, 4.69) is 57.0 Å². The van der Waals surface area contributed by atoms with Crippen LogP contribution in [0.15, 0.2) is 34.9 Å². The molecule has 5 heterocycles. The van der Waals surface area contributed by atoms with E-state index < -0.39 is 6.09 Å². The van der Waals surface area contributed by atoms with Gasteiger partial charge in [-0.2, -0.15) is 0 Å². The number of hydrogen-bond acceptors (Lipinski definition) is 6. The molecule has 0 radical (unpaired) electrons. The number of halogens is 2. The molecule has 1 aromatic carbocycles. The number of morpholine rings is 1. The van der Waals surface area contributed by atoms with Gasteiger partial charge < -0.3 is 19.6 Å². The van der Waals surface area contributed by atoms with E-state index in [0.29, 0.717) is 45.8 Å². The van der Waals surface area contributed by atoms with Crippen molar-refractivity contribution in [3.8, 4) is 0 Å². The third-order valence-electron chi connectivity index (χ3n) is 9.67. The van der Waals surface area contributed by atoms with Crippen molar-refractivity contribution in [2.75, 3.05) is 57.4 Å². The normalized spacial score (nSPS) is 23.9. The molecule has 45 heavy (non-hydrogen) atoms. The summed E-state index contributed by atoms with van der Waals surface area (Å²) in [4.78, 5) is 39.1. The molecule has 242 valence electrons. The molecule has 0 saturated carbocycles. The smallest absolute Gasteiger partial charge is 0.407 e. The van der Waals surface area contributed by atoms with Gasteiger partial charge in [-0.05, 0) is 72.4 Å². The fraction of sp³-hybridized carbons (Fsp3) is 0.545. The Balaban J connectivity index is 1.34. The second kappa shape index (κ2) is 12.3. The molecule has 6 rings (SSSR count). The summed E-state index contributed by atoms with van der Waals surface area (Å²) in [7, 11) is 0. The van der Waals surface area contributed by atoms with E-state index in [0.717, 1.165) is 45.0 Å². The molecule has 2 fully saturated rings. The van der Waals surface area contributed by atoms with Gasteiger partial charge in [0.2, 0.25) is 5.91 Å². The highest BCUT2D eigenvalue weighted by Gasteiger charge is 2.43. The van der Waals surface area contributed by atoms with Crippen molar-refractivity contribution in [1.29, 1.82) is 0 Å². The number of aromatic nitrogens is 2. The molecule has 3 aliphatic heterocycles. The standard InChI is InChI=1S/C33H42BrFN6O4/c1-20-14-38(26(16-39(20)32(43)44)15-37-10-11-45-18-21(37)2)17-28(42)40-19-33(4,5)30-27(40)13-24(12-23-6-8-25(35)9-7-23)29-31(34)36-22(3)41(29)30/h6-9,13,20-21,26H,10-12,14-19H2,1-5H3,(H,43,44)/t20-,21-,26+/m1/s1. The average Bonchev–Trinajstić information content (AvgIpc) is 3.43. The summed E-state index contributed by atoms with van der Waals surface area (Å²) in [5.41, 5.74) is 4.46. The molecule has 3 aliphatic rings. The fourth-order valence-corrected chi connectivity index (χ4v) is 8.05. The molecule has 3 atom stereocenters. The SMILES string of the molecule is Cc1nc(Br)c2c(Cc3ccc(F)cc3)cc3c(n12)C(C)(C)CN3C(=O)CN1C[C@@H](C)N(C(=O)O)C[C@@H]1CN1CCOC[C@H]1C. The number of pyridine rings is 1. The predicted molar refractivity (Wildman–Crippen MR) is 174 cm³/mol. The Hall–Kier alpha value is -3.06. The summed E-state index contributed by atoms with van der Waals surface area (Å²) < 4.78 is 22.2. The average molecular weight is 686 g/mol. The number of carbonyl (C=O) groups is 2. The third kappa shape index (κ3) is 6.09. The first-order chi connectivity index (χ1) is 21.3. The van der Waals surface area contributed by atoms with Gasteiger partial charge in [-0.1, -0.05) is 26.0 Å². The van der Waals surface area contributed by atoms with Crippen LogP contribution < -0.4 is 4.90 Å². The Labute approximate surface area is 271 Å². The number of amides is 2. The first-order valence-corrected chi connectivity index (χ1v) is 16.4. The summed E-state index contributed by atoms with van der Waals surface area (Å²) in [6.07, 6.45) is -0.374. The Morgan fingerprint density at radius 1 is 1.13 bits per heavy atom. The zero-order chi connectivity index (χ0) is 32.2. The first kappa shape index (κ1) is 31.9. The molecule has 1 N–H and O–H groups in total. The lowest BCUT2D eigenvalue weighted by Crippen LogP contribution is -2.64. The number of carbonyl (C=O) groups excluding carboxylic acids is 1. The quantitative estimate of drug-likeness (QED) is 0.408. The van der Waals surface area contributed by atoms with Crippen molar-refractivity contribution in [2.45, 2.75) is 64.6 Å². The second-order valence-corrected chi connectivity index (χ2v) is 14.2. The summed E-state index contributed by atoms with van der Waals surface area (Å²) in [6.45, 7) is 14.6. The van der Waals surface area contributed by atoms with Crippen LogP contribution in [0.3, 0.4) is 0 Å². The van der Waals surface area contributed by atoms with Gasteiger partial charge >= 0.3 is 6.09 Å². The second-order valence-electron chi connectivity index (χ2n) is 13.5. The fourth-order valence-electron chi connectivity index (χ4n) is 7.36. The highest BCUT2D eigenvalue weighted by atomic mass is 79.9. The van der Waals surface area contributed by atoms with E-state index in [1.165, 1.54) is 17.0 Å². The molecular weight excluding hydrogens is 643 g/mol. The van der Waals surface area contributed by atoms with E-state index in [9.17, 15) is 19.1 Å². The lowest BCUT2D eigenvalue weighted by molar-refractivity contribution is -0.121. The molecule has 10 nitrogen and oxygen atoms in total. The van der Waals surface area contributed by atoms with Gasteiger partial charge in [0.1, 0.15) is 16.2 Å². The summed E-state index contributed by atoms with van der Waals surface area (Å²) in [6, 6.07) is 8.48.